The highest BCUT2D eigenvalue weighted by Crippen LogP contribution is 2.21. The van der Waals surface area contributed by atoms with Crippen molar-refractivity contribution in [3.05, 3.63) is 34.3 Å². The van der Waals surface area contributed by atoms with Gasteiger partial charge in [0.15, 0.2) is 0 Å². The summed E-state index contributed by atoms with van der Waals surface area (Å²) in [6.07, 6.45) is -5.25. The predicted molar refractivity (Wildman–Crippen MR) is 61.8 cm³/mol. The molecule has 0 heterocycles. The predicted octanol–water partition coefficient (Wildman–Crippen LogP) is 3.47. The largest absolute Gasteiger partial charge is 0.390 e. The number of hydrogen-bond donors (Lipinski definition) is 0. The normalized spacial score (nSPS) is 11.4. The molecule has 6 heteroatoms. The molecule has 0 atom stereocenters. The summed E-state index contributed by atoms with van der Waals surface area (Å²) < 4.78 is 36.6. The SMILES string of the molecule is CN(CCC(F)(F)F)C(=O)c1ccccc1Br. The van der Waals surface area contributed by atoms with Gasteiger partial charge in [0, 0.05) is 18.1 Å². The zero-order valence-electron chi connectivity index (χ0n) is 9.09. The van der Waals surface area contributed by atoms with Crippen LogP contribution in [0.1, 0.15) is 16.8 Å². The van der Waals surface area contributed by atoms with Crippen LogP contribution in [-0.4, -0.2) is 30.6 Å². The molecule has 0 radical (unpaired) electrons. The molecule has 1 rings (SSSR count). The molecular formula is C11H11BrF3NO. The summed E-state index contributed by atoms with van der Waals surface area (Å²) >= 11 is 3.19. The lowest BCUT2D eigenvalue weighted by atomic mass is 10.2. The molecule has 0 saturated carbocycles. The van der Waals surface area contributed by atoms with E-state index in [0.29, 0.717) is 10.0 Å². The van der Waals surface area contributed by atoms with Crippen molar-refractivity contribution in [1.82, 2.24) is 4.90 Å². The fraction of sp³-hybridized carbons (Fsp3) is 0.364. The Balaban J connectivity index is 2.68. The number of benzene rings is 1. The molecular weight excluding hydrogens is 299 g/mol. The van der Waals surface area contributed by atoms with Crippen LogP contribution in [0.5, 0.6) is 0 Å². The van der Waals surface area contributed by atoms with Crippen molar-refractivity contribution in [1.29, 1.82) is 0 Å². The first kappa shape index (κ1) is 14.0. The lowest BCUT2D eigenvalue weighted by Gasteiger charge is -2.18. The maximum absolute atomic E-state index is 12.0. The minimum Gasteiger partial charge on any atom is -0.341 e. The van der Waals surface area contributed by atoms with Gasteiger partial charge in [-0.15, -0.1) is 0 Å². The van der Waals surface area contributed by atoms with Gasteiger partial charge in [-0.1, -0.05) is 12.1 Å². The highest BCUT2D eigenvalue weighted by atomic mass is 79.9. The van der Waals surface area contributed by atoms with Gasteiger partial charge in [0.05, 0.1) is 12.0 Å². The third-order valence-corrected chi connectivity index (χ3v) is 2.87. The molecule has 0 spiro atoms. The number of halogens is 4. The standard InChI is InChI=1S/C11H11BrF3NO/c1-16(7-6-11(13,14)15)10(17)8-4-2-3-5-9(8)12/h2-5H,6-7H2,1H3. The number of hydrogen-bond acceptors (Lipinski definition) is 1. The third-order valence-electron chi connectivity index (χ3n) is 2.18. The minimum atomic E-state index is -4.25. The molecule has 2 nitrogen and oxygen atoms in total. The molecule has 0 fully saturated rings. The van der Waals surface area contributed by atoms with Crippen LogP contribution in [0, 0.1) is 0 Å². The molecule has 0 N–H and O–H groups in total. The summed E-state index contributed by atoms with van der Waals surface area (Å²) in [6, 6.07) is 6.63. The van der Waals surface area contributed by atoms with Crippen molar-refractivity contribution >= 4 is 21.8 Å². The molecule has 0 unspecified atom stereocenters. The average molecular weight is 310 g/mol. The summed E-state index contributed by atoms with van der Waals surface area (Å²) in [6.45, 7) is -0.344. The Labute approximate surface area is 106 Å². The van der Waals surface area contributed by atoms with Crippen molar-refractivity contribution in [2.45, 2.75) is 12.6 Å². The molecule has 1 aromatic carbocycles. The van der Waals surface area contributed by atoms with E-state index in [4.69, 9.17) is 0 Å². The third kappa shape index (κ3) is 4.38. The van der Waals surface area contributed by atoms with Gasteiger partial charge in [-0.05, 0) is 28.1 Å². The van der Waals surface area contributed by atoms with Crippen molar-refractivity contribution in [3.63, 3.8) is 0 Å². The molecule has 0 bridgehead atoms. The van der Waals surface area contributed by atoms with E-state index in [1.54, 1.807) is 24.3 Å². The number of alkyl halides is 3. The van der Waals surface area contributed by atoms with Crippen LogP contribution < -0.4 is 0 Å². The summed E-state index contributed by atoms with van der Waals surface area (Å²) in [5.74, 6) is -0.429. The van der Waals surface area contributed by atoms with Gasteiger partial charge in [0.2, 0.25) is 0 Å². The van der Waals surface area contributed by atoms with Crippen LogP contribution in [0.25, 0.3) is 0 Å². The van der Waals surface area contributed by atoms with E-state index < -0.39 is 18.5 Å². The maximum atomic E-state index is 12.0. The molecule has 0 aliphatic heterocycles. The summed E-state index contributed by atoms with van der Waals surface area (Å²) in [7, 11) is 1.35. The van der Waals surface area contributed by atoms with Crippen molar-refractivity contribution in [2.24, 2.45) is 0 Å². The molecule has 0 aromatic heterocycles. The Kier molecular flexibility index (Phi) is 4.56. The summed E-state index contributed by atoms with van der Waals surface area (Å²) in [5.41, 5.74) is 0.358. The lowest BCUT2D eigenvalue weighted by Crippen LogP contribution is -2.30. The van der Waals surface area contributed by atoms with E-state index in [1.807, 2.05) is 0 Å². The molecule has 0 aliphatic rings. The highest BCUT2D eigenvalue weighted by Gasteiger charge is 2.28. The molecule has 94 valence electrons. The van der Waals surface area contributed by atoms with E-state index in [0.717, 1.165) is 4.90 Å². The maximum Gasteiger partial charge on any atom is 0.390 e. The zero-order valence-corrected chi connectivity index (χ0v) is 10.7. The van der Waals surface area contributed by atoms with E-state index >= 15 is 0 Å². The first-order valence-corrected chi connectivity index (χ1v) is 5.67. The quantitative estimate of drug-likeness (QED) is 0.837. The molecule has 0 saturated heterocycles. The smallest absolute Gasteiger partial charge is 0.341 e. The van der Waals surface area contributed by atoms with Gasteiger partial charge in [-0.2, -0.15) is 13.2 Å². The number of amides is 1. The fourth-order valence-electron chi connectivity index (χ4n) is 1.24. The van der Waals surface area contributed by atoms with Gasteiger partial charge in [0.1, 0.15) is 0 Å². The Bertz CT molecular complexity index is 406. The van der Waals surface area contributed by atoms with Gasteiger partial charge in [-0.3, -0.25) is 4.79 Å². The Morgan fingerprint density at radius 1 is 1.35 bits per heavy atom. The summed E-state index contributed by atoms with van der Waals surface area (Å²) in [4.78, 5) is 12.9. The van der Waals surface area contributed by atoms with Crippen LogP contribution >= 0.6 is 15.9 Å². The van der Waals surface area contributed by atoms with E-state index in [2.05, 4.69) is 15.9 Å². The number of carbonyl (C=O) groups excluding carboxylic acids is 1. The fourth-order valence-corrected chi connectivity index (χ4v) is 1.69. The zero-order chi connectivity index (χ0) is 13.1. The molecule has 1 amide bonds. The van der Waals surface area contributed by atoms with Crippen LogP contribution in [0.4, 0.5) is 13.2 Å². The number of rotatable bonds is 3. The highest BCUT2D eigenvalue weighted by molar-refractivity contribution is 9.10. The lowest BCUT2D eigenvalue weighted by molar-refractivity contribution is -0.136. The second kappa shape index (κ2) is 5.53. The van der Waals surface area contributed by atoms with E-state index in [1.165, 1.54) is 7.05 Å². The van der Waals surface area contributed by atoms with Gasteiger partial charge in [0.25, 0.3) is 5.91 Å². The van der Waals surface area contributed by atoms with Crippen LogP contribution in [-0.2, 0) is 0 Å². The van der Waals surface area contributed by atoms with Gasteiger partial charge in [-0.25, -0.2) is 0 Å². The molecule has 1 aromatic rings. The summed E-state index contributed by atoms with van der Waals surface area (Å²) in [5, 5.41) is 0. The van der Waals surface area contributed by atoms with Gasteiger partial charge >= 0.3 is 6.18 Å². The minimum absolute atomic E-state index is 0.344. The first-order valence-electron chi connectivity index (χ1n) is 4.88. The number of carbonyl (C=O) groups is 1. The second-order valence-electron chi connectivity index (χ2n) is 3.57. The monoisotopic (exact) mass is 309 g/mol. The van der Waals surface area contributed by atoms with Crippen LogP contribution in [0.3, 0.4) is 0 Å². The van der Waals surface area contributed by atoms with E-state index in [-0.39, 0.29) is 6.54 Å². The molecule has 0 aliphatic carbocycles. The number of nitrogens with zero attached hydrogens (tertiary/aromatic N) is 1. The van der Waals surface area contributed by atoms with E-state index in [9.17, 15) is 18.0 Å². The van der Waals surface area contributed by atoms with Gasteiger partial charge < -0.3 is 4.90 Å². The Morgan fingerprint density at radius 3 is 2.47 bits per heavy atom. The van der Waals surface area contributed by atoms with Crippen molar-refractivity contribution in [3.8, 4) is 0 Å². The van der Waals surface area contributed by atoms with Crippen LogP contribution in [0.15, 0.2) is 28.7 Å². The van der Waals surface area contributed by atoms with Crippen LogP contribution in [0.2, 0.25) is 0 Å². The average Bonchev–Trinajstić information content (AvgIpc) is 2.24. The van der Waals surface area contributed by atoms with Crippen molar-refractivity contribution in [2.75, 3.05) is 13.6 Å². The first-order chi connectivity index (χ1) is 7.81. The molecule has 17 heavy (non-hydrogen) atoms. The van der Waals surface area contributed by atoms with Crippen molar-refractivity contribution < 1.29 is 18.0 Å². The topological polar surface area (TPSA) is 20.3 Å². The Morgan fingerprint density at radius 2 is 1.94 bits per heavy atom. The second-order valence-corrected chi connectivity index (χ2v) is 4.43. The Hall–Kier alpha value is -1.04.